The molecule has 0 fully saturated rings. The van der Waals surface area contributed by atoms with Crippen LogP contribution in [0.25, 0.3) is 0 Å². The monoisotopic (exact) mass is 288 g/mol. The van der Waals surface area contributed by atoms with Crippen LogP contribution in [0.15, 0.2) is 4.60 Å². The van der Waals surface area contributed by atoms with Gasteiger partial charge < -0.3 is 9.47 Å². The number of carbonyl (C=O) groups excluding carboxylic acids is 1. The van der Waals surface area contributed by atoms with Crippen molar-refractivity contribution in [1.29, 1.82) is 0 Å². The summed E-state index contributed by atoms with van der Waals surface area (Å²) in [6.45, 7) is 4.84. The van der Waals surface area contributed by atoms with Crippen molar-refractivity contribution in [3.05, 3.63) is 10.2 Å². The molecule has 0 unspecified atom stereocenters. The highest BCUT2D eigenvalue weighted by Gasteiger charge is 2.29. The number of esters is 1. The molecular formula is C10H13BrN2O3. The maximum atomic E-state index is 11.7. The first-order chi connectivity index (χ1) is 7.63. The van der Waals surface area contributed by atoms with Crippen LogP contribution in [0.4, 0.5) is 0 Å². The largest absolute Gasteiger partial charge is 0.474 e. The second-order valence-corrected chi connectivity index (χ2v) is 4.38. The summed E-state index contributed by atoms with van der Waals surface area (Å²) < 4.78 is 12.8. The number of hydrogen-bond donors (Lipinski definition) is 0. The van der Waals surface area contributed by atoms with Crippen molar-refractivity contribution in [2.75, 3.05) is 6.61 Å². The van der Waals surface area contributed by atoms with E-state index in [0.29, 0.717) is 22.7 Å². The van der Waals surface area contributed by atoms with E-state index < -0.39 is 5.97 Å². The summed E-state index contributed by atoms with van der Waals surface area (Å²) in [6, 6.07) is 0. The predicted octanol–water partition coefficient (Wildman–Crippen LogP) is 1.99. The molecule has 1 atom stereocenters. The zero-order valence-corrected chi connectivity index (χ0v) is 10.8. The Morgan fingerprint density at radius 3 is 3.19 bits per heavy atom. The van der Waals surface area contributed by atoms with Gasteiger partial charge in [0.1, 0.15) is 4.60 Å². The Balaban J connectivity index is 2.37. The molecule has 2 heterocycles. The lowest BCUT2D eigenvalue weighted by Gasteiger charge is -2.21. The van der Waals surface area contributed by atoms with Gasteiger partial charge in [-0.25, -0.2) is 9.48 Å². The van der Waals surface area contributed by atoms with Gasteiger partial charge in [0.15, 0.2) is 5.56 Å². The highest BCUT2D eigenvalue weighted by atomic mass is 79.9. The minimum absolute atomic E-state index is 0.101. The summed E-state index contributed by atoms with van der Waals surface area (Å²) >= 11 is 3.26. The fourth-order valence-electron chi connectivity index (χ4n) is 1.62. The first kappa shape index (κ1) is 11.4. The molecule has 6 heteroatoms. The maximum Gasteiger partial charge on any atom is 0.346 e. The van der Waals surface area contributed by atoms with Gasteiger partial charge in [0.2, 0.25) is 5.88 Å². The maximum absolute atomic E-state index is 11.7. The number of halogens is 1. The Labute approximate surface area is 102 Å². The van der Waals surface area contributed by atoms with E-state index in [1.54, 1.807) is 11.6 Å². The summed E-state index contributed by atoms with van der Waals surface area (Å²) in [5.41, 5.74) is 0.383. The Morgan fingerprint density at radius 1 is 1.75 bits per heavy atom. The molecule has 0 radical (unpaired) electrons. The van der Waals surface area contributed by atoms with E-state index in [0.717, 1.165) is 13.0 Å². The van der Waals surface area contributed by atoms with Gasteiger partial charge in [-0.1, -0.05) is 0 Å². The normalized spacial score (nSPS) is 18.8. The quantitative estimate of drug-likeness (QED) is 0.781. The third-order valence-corrected chi connectivity index (χ3v) is 2.96. The number of carbonyl (C=O) groups is 1. The van der Waals surface area contributed by atoms with Crippen LogP contribution in [-0.2, 0) is 11.3 Å². The molecule has 2 rings (SSSR count). The second-order valence-electron chi connectivity index (χ2n) is 3.63. The van der Waals surface area contributed by atoms with Crippen LogP contribution in [0.2, 0.25) is 0 Å². The van der Waals surface area contributed by atoms with E-state index in [4.69, 9.17) is 9.47 Å². The van der Waals surface area contributed by atoms with Crippen LogP contribution >= 0.6 is 15.9 Å². The van der Waals surface area contributed by atoms with E-state index in [-0.39, 0.29) is 6.10 Å². The average molecular weight is 289 g/mol. The number of hydrogen-bond acceptors (Lipinski definition) is 4. The lowest BCUT2D eigenvalue weighted by Crippen LogP contribution is -2.24. The zero-order chi connectivity index (χ0) is 11.7. The SMILES string of the molecule is CCOC(=O)c1c(Br)nn2c1O[C@H](C)CC2. The Bertz CT molecular complexity index is 416. The van der Waals surface area contributed by atoms with Crippen molar-refractivity contribution >= 4 is 21.9 Å². The van der Waals surface area contributed by atoms with Gasteiger partial charge in [-0.05, 0) is 29.8 Å². The molecule has 0 saturated heterocycles. The molecule has 0 saturated carbocycles. The molecule has 0 aliphatic carbocycles. The van der Waals surface area contributed by atoms with Crippen LogP contribution in [0.3, 0.4) is 0 Å². The highest BCUT2D eigenvalue weighted by molar-refractivity contribution is 9.10. The van der Waals surface area contributed by atoms with Crippen molar-refractivity contribution in [3.8, 4) is 5.88 Å². The molecule has 1 aliphatic heterocycles. The van der Waals surface area contributed by atoms with E-state index >= 15 is 0 Å². The highest BCUT2D eigenvalue weighted by Crippen LogP contribution is 2.31. The number of fused-ring (bicyclic) bond motifs is 1. The lowest BCUT2D eigenvalue weighted by atomic mass is 10.2. The van der Waals surface area contributed by atoms with Crippen LogP contribution in [0.5, 0.6) is 5.88 Å². The smallest absolute Gasteiger partial charge is 0.346 e. The number of aryl methyl sites for hydroxylation is 1. The molecule has 1 aliphatic rings. The van der Waals surface area contributed by atoms with Crippen molar-refractivity contribution in [2.45, 2.75) is 32.9 Å². The fraction of sp³-hybridized carbons (Fsp3) is 0.600. The van der Waals surface area contributed by atoms with E-state index in [2.05, 4.69) is 21.0 Å². The van der Waals surface area contributed by atoms with Crippen molar-refractivity contribution in [1.82, 2.24) is 9.78 Å². The molecule has 0 amide bonds. The molecule has 88 valence electrons. The first-order valence-electron chi connectivity index (χ1n) is 5.23. The number of nitrogens with zero attached hydrogens (tertiary/aromatic N) is 2. The van der Waals surface area contributed by atoms with Gasteiger partial charge in [-0.15, -0.1) is 0 Å². The number of rotatable bonds is 2. The number of aromatic nitrogens is 2. The van der Waals surface area contributed by atoms with Crippen molar-refractivity contribution in [3.63, 3.8) is 0 Å². The van der Waals surface area contributed by atoms with E-state index in [1.165, 1.54) is 0 Å². The third-order valence-electron chi connectivity index (χ3n) is 2.40. The van der Waals surface area contributed by atoms with Crippen molar-refractivity contribution in [2.24, 2.45) is 0 Å². The van der Waals surface area contributed by atoms with Gasteiger partial charge in [0, 0.05) is 13.0 Å². The molecule has 0 bridgehead atoms. The lowest BCUT2D eigenvalue weighted by molar-refractivity contribution is 0.0513. The summed E-state index contributed by atoms with van der Waals surface area (Å²) in [6.07, 6.45) is 0.993. The van der Waals surface area contributed by atoms with Gasteiger partial charge >= 0.3 is 5.97 Å². The Hall–Kier alpha value is -1.04. The topological polar surface area (TPSA) is 53.3 Å². The number of ether oxygens (including phenoxy) is 2. The summed E-state index contributed by atoms with van der Waals surface area (Å²) in [5, 5.41) is 4.20. The van der Waals surface area contributed by atoms with E-state index in [9.17, 15) is 4.79 Å². The van der Waals surface area contributed by atoms with Gasteiger partial charge in [-0.2, -0.15) is 5.10 Å². The summed E-state index contributed by atoms with van der Waals surface area (Å²) in [7, 11) is 0. The second kappa shape index (κ2) is 4.45. The molecular weight excluding hydrogens is 276 g/mol. The van der Waals surface area contributed by atoms with Gasteiger partial charge in [0.05, 0.1) is 12.7 Å². The predicted molar refractivity (Wildman–Crippen MR) is 60.6 cm³/mol. The molecule has 0 aromatic carbocycles. The fourth-order valence-corrected chi connectivity index (χ4v) is 2.14. The molecule has 0 N–H and O–H groups in total. The minimum atomic E-state index is -0.398. The average Bonchev–Trinajstić information content (AvgIpc) is 2.53. The first-order valence-corrected chi connectivity index (χ1v) is 6.02. The molecule has 1 aromatic rings. The van der Waals surface area contributed by atoms with Crippen LogP contribution < -0.4 is 4.74 Å². The molecule has 16 heavy (non-hydrogen) atoms. The third kappa shape index (κ3) is 1.93. The van der Waals surface area contributed by atoms with Crippen LogP contribution in [0.1, 0.15) is 30.6 Å². The standard InChI is InChI=1S/C10H13BrN2O3/c1-3-15-10(14)7-8(11)12-13-5-4-6(2)16-9(7)13/h6H,3-5H2,1-2H3/t6-/m1/s1. The Kier molecular flexibility index (Phi) is 3.18. The van der Waals surface area contributed by atoms with Crippen LogP contribution in [-0.4, -0.2) is 28.5 Å². The van der Waals surface area contributed by atoms with Crippen molar-refractivity contribution < 1.29 is 14.3 Å². The molecule has 5 nitrogen and oxygen atoms in total. The minimum Gasteiger partial charge on any atom is -0.474 e. The van der Waals surface area contributed by atoms with Crippen LogP contribution in [0, 0.1) is 0 Å². The molecule has 1 aromatic heterocycles. The summed E-state index contributed by atoms with van der Waals surface area (Å²) in [5.74, 6) is 0.105. The molecule has 0 spiro atoms. The van der Waals surface area contributed by atoms with E-state index in [1.807, 2.05) is 6.92 Å². The van der Waals surface area contributed by atoms with Gasteiger partial charge in [0.25, 0.3) is 0 Å². The zero-order valence-electron chi connectivity index (χ0n) is 9.20. The Morgan fingerprint density at radius 2 is 2.50 bits per heavy atom. The van der Waals surface area contributed by atoms with Gasteiger partial charge in [-0.3, -0.25) is 0 Å². The summed E-state index contributed by atoms with van der Waals surface area (Å²) in [4.78, 5) is 11.7.